The lowest BCUT2D eigenvalue weighted by molar-refractivity contribution is -0.139. The lowest BCUT2D eigenvalue weighted by Gasteiger charge is -2.16. The number of rotatable bonds is 9. The number of aliphatic hydroxyl groups is 1. The first-order valence-corrected chi connectivity index (χ1v) is 8.96. The summed E-state index contributed by atoms with van der Waals surface area (Å²) < 4.78 is 0. The molecule has 0 radical (unpaired) electrons. The zero-order valence-electron chi connectivity index (χ0n) is 14.9. The van der Waals surface area contributed by atoms with Crippen molar-refractivity contribution in [1.29, 1.82) is 0 Å². The Morgan fingerprint density at radius 2 is 1.38 bits per heavy atom. The van der Waals surface area contributed by atoms with Crippen molar-refractivity contribution in [1.82, 2.24) is 10.6 Å². The van der Waals surface area contributed by atoms with E-state index in [1.165, 1.54) is 0 Å². The highest BCUT2D eigenvalue weighted by Gasteiger charge is 2.15. The molecule has 0 saturated carbocycles. The fourth-order valence-electron chi connectivity index (χ4n) is 2.84. The van der Waals surface area contributed by atoms with Gasteiger partial charge in [-0.25, -0.2) is 0 Å². The Balaban J connectivity index is 1.70. The molecule has 0 saturated heterocycles. The molecule has 2 aromatic rings. The van der Waals surface area contributed by atoms with Crippen molar-refractivity contribution in [2.24, 2.45) is 0 Å². The van der Waals surface area contributed by atoms with E-state index in [2.05, 4.69) is 10.6 Å². The molecular weight excluding hydrogens is 328 g/mol. The van der Waals surface area contributed by atoms with Gasteiger partial charge in [-0.1, -0.05) is 60.7 Å². The second kappa shape index (κ2) is 11.1. The lowest BCUT2D eigenvalue weighted by Crippen LogP contribution is -2.41. The first-order chi connectivity index (χ1) is 12.7. The van der Waals surface area contributed by atoms with Crippen LogP contribution in [-0.2, 0) is 16.0 Å². The molecule has 5 nitrogen and oxygen atoms in total. The summed E-state index contributed by atoms with van der Waals surface area (Å²) in [5.41, 5.74) is 2.24. The molecular formula is C21H26N2O3. The van der Waals surface area contributed by atoms with Gasteiger partial charge in [0, 0.05) is 19.7 Å². The van der Waals surface area contributed by atoms with Gasteiger partial charge in [-0.3, -0.25) is 9.59 Å². The largest absolute Gasteiger partial charge is 0.396 e. The summed E-state index contributed by atoms with van der Waals surface area (Å²) in [4.78, 5) is 23.7. The van der Waals surface area contributed by atoms with E-state index >= 15 is 0 Å². The van der Waals surface area contributed by atoms with Crippen LogP contribution in [0.15, 0.2) is 60.7 Å². The van der Waals surface area contributed by atoms with E-state index < -0.39 is 11.8 Å². The Morgan fingerprint density at radius 3 is 2.00 bits per heavy atom. The predicted octanol–water partition coefficient (Wildman–Crippen LogP) is 2.02. The normalized spacial score (nSPS) is 11.6. The van der Waals surface area contributed by atoms with Crippen LogP contribution in [0.3, 0.4) is 0 Å². The van der Waals surface area contributed by atoms with Crippen LogP contribution < -0.4 is 10.6 Å². The number of hydrogen-bond acceptors (Lipinski definition) is 3. The summed E-state index contributed by atoms with van der Waals surface area (Å²) in [6.45, 7) is 0.908. The summed E-state index contributed by atoms with van der Waals surface area (Å²) in [5, 5.41) is 14.5. The molecule has 2 aromatic carbocycles. The molecule has 2 amide bonds. The maximum atomic E-state index is 11.9. The van der Waals surface area contributed by atoms with Crippen LogP contribution >= 0.6 is 0 Å². The van der Waals surface area contributed by atoms with E-state index in [1.807, 2.05) is 60.7 Å². The summed E-state index contributed by atoms with van der Waals surface area (Å²) in [6.07, 6.45) is 1.99. The Hall–Kier alpha value is -2.66. The van der Waals surface area contributed by atoms with Gasteiger partial charge in [0.25, 0.3) is 0 Å². The zero-order valence-corrected chi connectivity index (χ0v) is 14.9. The van der Waals surface area contributed by atoms with Gasteiger partial charge in [-0.15, -0.1) is 0 Å². The lowest BCUT2D eigenvalue weighted by atomic mass is 9.93. The van der Waals surface area contributed by atoms with Crippen LogP contribution in [0, 0.1) is 0 Å². The fourth-order valence-corrected chi connectivity index (χ4v) is 2.84. The maximum Gasteiger partial charge on any atom is 0.309 e. The van der Waals surface area contributed by atoms with E-state index in [0.717, 1.165) is 11.1 Å². The number of amides is 2. The molecule has 0 aliphatic carbocycles. The number of benzene rings is 2. The van der Waals surface area contributed by atoms with Crippen LogP contribution in [0.1, 0.15) is 29.9 Å². The summed E-state index contributed by atoms with van der Waals surface area (Å²) in [6, 6.07) is 19.7. The van der Waals surface area contributed by atoms with Crippen molar-refractivity contribution in [2.45, 2.75) is 25.2 Å². The van der Waals surface area contributed by atoms with Crippen molar-refractivity contribution in [3.63, 3.8) is 0 Å². The molecule has 138 valence electrons. The van der Waals surface area contributed by atoms with E-state index in [1.54, 1.807) is 0 Å². The monoisotopic (exact) mass is 354 g/mol. The molecule has 3 N–H and O–H groups in total. The Labute approximate surface area is 154 Å². The highest BCUT2D eigenvalue weighted by Crippen LogP contribution is 2.22. The number of carbonyl (C=O) groups excluding carboxylic acids is 2. The Bertz CT molecular complexity index is 674. The third kappa shape index (κ3) is 6.69. The van der Waals surface area contributed by atoms with Gasteiger partial charge >= 0.3 is 11.8 Å². The number of carbonyl (C=O) groups is 2. The van der Waals surface area contributed by atoms with Crippen molar-refractivity contribution < 1.29 is 14.7 Å². The molecule has 0 aromatic heterocycles. The summed E-state index contributed by atoms with van der Waals surface area (Å²) >= 11 is 0. The van der Waals surface area contributed by atoms with Crippen LogP contribution in [0.2, 0.25) is 0 Å². The zero-order chi connectivity index (χ0) is 18.6. The molecule has 0 bridgehead atoms. The smallest absolute Gasteiger partial charge is 0.309 e. The van der Waals surface area contributed by atoms with Crippen LogP contribution in [0.25, 0.3) is 0 Å². The molecule has 5 heteroatoms. The van der Waals surface area contributed by atoms with E-state index in [0.29, 0.717) is 32.4 Å². The van der Waals surface area contributed by atoms with Crippen LogP contribution in [0.4, 0.5) is 0 Å². The molecule has 0 spiro atoms. The second-order valence-electron chi connectivity index (χ2n) is 6.16. The average molecular weight is 354 g/mol. The van der Waals surface area contributed by atoms with Crippen molar-refractivity contribution in [3.05, 3.63) is 71.8 Å². The highest BCUT2D eigenvalue weighted by atomic mass is 16.3. The maximum absolute atomic E-state index is 11.9. The van der Waals surface area contributed by atoms with Gasteiger partial charge in [0.1, 0.15) is 0 Å². The molecule has 0 aliphatic rings. The number of aliphatic hydroxyl groups excluding tert-OH is 1. The standard InChI is InChI=1S/C21H26N2O3/c24-16-13-19(18-9-5-2-6-10-18)12-15-23-21(26)20(25)22-14-11-17-7-3-1-4-8-17/h1-10,19,24H,11-16H2,(H,22,25)(H,23,26). The predicted molar refractivity (Wildman–Crippen MR) is 102 cm³/mol. The van der Waals surface area contributed by atoms with Crippen molar-refractivity contribution >= 4 is 11.8 Å². The van der Waals surface area contributed by atoms with Gasteiger partial charge in [0.05, 0.1) is 0 Å². The first-order valence-electron chi connectivity index (χ1n) is 8.96. The topological polar surface area (TPSA) is 78.4 Å². The minimum atomic E-state index is -0.617. The number of hydrogen-bond donors (Lipinski definition) is 3. The molecule has 0 heterocycles. The molecule has 0 fully saturated rings. The molecule has 1 unspecified atom stereocenters. The third-order valence-electron chi connectivity index (χ3n) is 4.28. The highest BCUT2D eigenvalue weighted by molar-refractivity contribution is 6.35. The van der Waals surface area contributed by atoms with E-state index in [9.17, 15) is 14.7 Å². The van der Waals surface area contributed by atoms with Crippen LogP contribution in [-0.4, -0.2) is 36.6 Å². The molecule has 2 rings (SSSR count). The third-order valence-corrected chi connectivity index (χ3v) is 4.28. The van der Waals surface area contributed by atoms with Gasteiger partial charge in [-0.2, -0.15) is 0 Å². The first kappa shape index (κ1) is 19.7. The quantitative estimate of drug-likeness (QED) is 0.603. The van der Waals surface area contributed by atoms with Gasteiger partial charge < -0.3 is 15.7 Å². The minimum absolute atomic E-state index is 0.0908. The molecule has 0 aliphatic heterocycles. The SMILES string of the molecule is O=C(NCCc1ccccc1)C(=O)NCCC(CCO)c1ccccc1. The van der Waals surface area contributed by atoms with Gasteiger partial charge in [-0.05, 0) is 36.3 Å². The van der Waals surface area contributed by atoms with Gasteiger partial charge in [0.15, 0.2) is 0 Å². The fraction of sp³-hybridized carbons (Fsp3) is 0.333. The summed E-state index contributed by atoms with van der Waals surface area (Å²) in [5.74, 6) is -1.07. The second-order valence-corrected chi connectivity index (χ2v) is 6.16. The Kier molecular flexibility index (Phi) is 8.36. The molecule has 1 atom stereocenters. The number of nitrogens with one attached hydrogen (secondary N) is 2. The molecule has 26 heavy (non-hydrogen) atoms. The van der Waals surface area contributed by atoms with E-state index in [-0.39, 0.29) is 12.5 Å². The Morgan fingerprint density at radius 1 is 0.808 bits per heavy atom. The van der Waals surface area contributed by atoms with Crippen molar-refractivity contribution in [2.75, 3.05) is 19.7 Å². The summed E-state index contributed by atoms with van der Waals surface area (Å²) in [7, 11) is 0. The average Bonchev–Trinajstić information content (AvgIpc) is 2.68. The van der Waals surface area contributed by atoms with Crippen molar-refractivity contribution in [3.8, 4) is 0 Å². The van der Waals surface area contributed by atoms with Crippen LogP contribution in [0.5, 0.6) is 0 Å². The van der Waals surface area contributed by atoms with E-state index in [4.69, 9.17) is 0 Å². The minimum Gasteiger partial charge on any atom is -0.396 e. The van der Waals surface area contributed by atoms with Gasteiger partial charge in [0.2, 0.25) is 0 Å².